The molecule has 0 spiro atoms. The van der Waals surface area contributed by atoms with Gasteiger partial charge in [-0.1, -0.05) is 0 Å². The lowest BCUT2D eigenvalue weighted by molar-refractivity contribution is 0.101. The van der Waals surface area contributed by atoms with Crippen LogP contribution in [0.4, 0.5) is 0 Å². The number of nitrogens with zero attached hydrogens (tertiary/aromatic N) is 1. The van der Waals surface area contributed by atoms with Gasteiger partial charge in [0, 0.05) is 17.8 Å². The van der Waals surface area contributed by atoms with E-state index in [0.717, 1.165) is 6.54 Å². The van der Waals surface area contributed by atoms with E-state index in [9.17, 15) is 9.59 Å². The summed E-state index contributed by atoms with van der Waals surface area (Å²) in [5.41, 5.74) is 0.436. The first-order valence-corrected chi connectivity index (χ1v) is 6.53. The van der Waals surface area contributed by atoms with Crippen molar-refractivity contribution < 1.29 is 4.79 Å². The second kappa shape index (κ2) is 4.73. The Morgan fingerprint density at radius 3 is 2.67 bits per heavy atom. The topological polar surface area (TPSA) is 53.2 Å². The van der Waals surface area contributed by atoms with Crippen LogP contribution in [0.1, 0.15) is 23.2 Å². The van der Waals surface area contributed by atoms with Crippen LogP contribution in [0.3, 0.4) is 0 Å². The number of pyridine rings is 1. The highest BCUT2D eigenvalue weighted by atomic mass is 16.1. The van der Waals surface area contributed by atoms with Crippen LogP contribution >= 0.6 is 0 Å². The second-order valence-electron chi connectivity index (χ2n) is 5.27. The van der Waals surface area contributed by atoms with E-state index in [2.05, 4.69) is 9.88 Å². The number of nitrogens with one attached hydrogen (secondary N) is 1. The predicted molar refractivity (Wildman–Crippen MR) is 70.1 cm³/mol. The van der Waals surface area contributed by atoms with Gasteiger partial charge in [-0.2, -0.15) is 0 Å². The third-order valence-corrected chi connectivity index (χ3v) is 4.14. The van der Waals surface area contributed by atoms with Crippen molar-refractivity contribution >= 4 is 13.0 Å². The van der Waals surface area contributed by atoms with Crippen molar-refractivity contribution in [2.45, 2.75) is 18.7 Å². The van der Waals surface area contributed by atoms with Crippen molar-refractivity contribution in [2.24, 2.45) is 5.92 Å². The van der Waals surface area contributed by atoms with E-state index < -0.39 is 0 Å². The van der Waals surface area contributed by atoms with E-state index >= 15 is 0 Å². The maximum Gasteiger partial charge on any atom is 0.247 e. The summed E-state index contributed by atoms with van der Waals surface area (Å²) in [4.78, 5) is 28.0. The number of fused-ring (bicyclic) bond motifs is 3. The number of aromatic nitrogens is 1. The maximum atomic E-state index is 12.1. The van der Waals surface area contributed by atoms with Gasteiger partial charge in [-0.3, -0.25) is 4.79 Å². The number of carbonyl (C=O) groups is 1. The fraction of sp³-hybridized carbons (Fsp3) is 0.538. The van der Waals surface area contributed by atoms with E-state index in [1.807, 2.05) is 7.28 Å². The van der Waals surface area contributed by atoms with Crippen LogP contribution in [0.5, 0.6) is 0 Å². The van der Waals surface area contributed by atoms with Crippen LogP contribution in [0.15, 0.2) is 23.1 Å². The van der Waals surface area contributed by atoms with Gasteiger partial charge in [-0.25, -0.2) is 0 Å². The van der Waals surface area contributed by atoms with Crippen molar-refractivity contribution in [2.75, 3.05) is 19.6 Å². The number of piperidine rings is 3. The fourth-order valence-electron chi connectivity index (χ4n) is 3.05. The molecule has 3 aliphatic rings. The molecule has 18 heavy (non-hydrogen) atoms. The van der Waals surface area contributed by atoms with Gasteiger partial charge in [0.15, 0.2) is 0 Å². The first-order chi connectivity index (χ1) is 8.72. The highest BCUT2D eigenvalue weighted by Crippen LogP contribution is 2.35. The van der Waals surface area contributed by atoms with E-state index in [1.54, 1.807) is 6.07 Å². The first-order valence-electron chi connectivity index (χ1n) is 6.53. The van der Waals surface area contributed by atoms with Gasteiger partial charge in [0.05, 0.1) is 0 Å². The number of hydrogen-bond acceptors (Lipinski definition) is 3. The molecule has 4 rings (SSSR count). The molecular weight excluding hydrogens is 227 g/mol. The van der Waals surface area contributed by atoms with Gasteiger partial charge in [-0.15, -0.1) is 0 Å². The molecule has 0 aromatic carbocycles. The van der Waals surface area contributed by atoms with Crippen LogP contribution in [0.2, 0.25) is 5.82 Å². The Morgan fingerprint density at radius 1 is 1.33 bits per heavy atom. The molecule has 5 heteroatoms. The lowest BCUT2D eigenvalue weighted by Gasteiger charge is -2.44. The van der Waals surface area contributed by atoms with Crippen LogP contribution in [0.25, 0.3) is 0 Å². The summed E-state index contributed by atoms with van der Waals surface area (Å²) in [6.45, 7) is 3.38. The molecule has 3 aliphatic heterocycles. The number of aromatic amines is 1. The number of rotatable bonds is 3. The lowest BCUT2D eigenvalue weighted by Crippen LogP contribution is -2.47. The SMILES string of the molecule is O=C([B]C1CN2CCC1CC2)c1ccc(=O)[nH]c1. The molecule has 1 N–H and O–H groups in total. The smallest absolute Gasteiger partial charge is 0.247 e. The summed E-state index contributed by atoms with van der Waals surface area (Å²) < 4.78 is 0. The summed E-state index contributed by atoms with van der Waals surface area (Å²) in [5.74, 6) is 1.05. The molecule has 1 radical (unpaired) electrons. The zero-order valence-corrected chi connectivity index (χ0v) is 10.3. The normalized spacial score (nSPS) is 30.1. The highest BCUT2D eigenvalue weighted by Gasteiger charge is 2.35. The van der Waals surface area contributed by atoms with Crippen molar-refractivity contribution in [1.82, 2.24) is 9.88 Å². The standard InChI is InChI=1S/C13H16BN2O2/c17-12-2-1-10(7-15-12)13(18)14-11-8-16-5-3-9(11)4-6-16/h1-2,7,9,11H,3-6,8H2,(H,15,17). The minimum Gasteiger partial charge on any atom is -0.328 e. The fourth-order valence-corrected chi connectivity index (χ4v) is 3.05. The van der Waals surface area contributed by atoms with Gasteiger partial charge >= 0.3 is 0 Å². The van der Waals surface area contributed by atoms with E-state index in [0.29, 0.717) is 17.3 Å². The molecule has 1 aromatic rings. The van der Waals surface area contributed by atoms with Crippen LogP contribution in [0, 0.1) is 5.92 Å². The Hall–Kier alpha value is -1.36. The Bertz CT molecular complexity index is 485. The zero-order chi connectivity index (χ0) is 12.5. The third kappa shape index (κ3) is 2.27. The zero-order valence-electron chi connectivity index (χ0n) is 10.3. The van der Waals surface area contributed by atoms with Gasteiger partial charge < -0.3 is 14.7 Å². The van der Waals surface area contributed by atoms with Crippen molar-refractivity contribution in [3.63, 3.8) is 0 Å². The number of hydrogen-bond donors (Lipinski definition) is 1. The molecule has 0 aliphatic carbocycles. The van der Waals surface area contributed by atoms with Crippen LogP contribution in [-0.2, 0) is 0 Å². The maximum absolute atomic E-state index is 12.1. The van der Waals surface area contributed by atoms with Gasteiger partial charge in [0.2, 0.25) is 12.8 Å². The largest absolute Gasteiger partial charge is 0.328 e. The molecule has 0 saturated carbocycles. The summed E-state index contributed by atoms with van der Waals surface area (Å²) in [7, 11) is 1.85. The molecule has 93 valence electrons. The molecule has 4 heterocycles. The molecule has 0 amide bonds. The van der Waals surface area contributed by atoms with E-state index in [4.69, 9.17) is 0 Å². The Balaban J connectivity index is 1.67. The Morgan fingerprint density at radius 2 is 2.11 bits per heavy atom. The summed E-state index contributed by atoms with van der Waals surface area (Å²) in [5, 5.41) is 0. The number of H-pyrrole nitrogens is 1. The molecule has 1 unspecified atom stereocenters. The summed E-state index contributed by atoms with van der Waals surface area (Å²) in [6, 6.07) is 3.00. The average molecular weight is 243 g/mol. The minimum atomic E-state index is -0.172. The third-order valence-electron chi connectivity index (χ3n) is 4.14. The second-order valence-corrected chi connectivity index (χ2v) is 5.27. The Kier molecular flexibility index (Phi) is 3.08. The van der Waals surface area contributed by atoms with Crippen molar-refractivity contribution in [1.29, 1.82) is 0 Å². The van der Waals surface area contributed by atoms with Gasteiger partial charge in [0.25, 0.3) is 0 Å². The van der Waals surface area contributed by atoms with E-state index in [1.165, 1.54) is 38.2 Å². The highest BCUT2D eigenvalue weighted by molar-refractivity contribution is 6.78. The minimum absolute atomic E-state index is 0.0324. The lowest BCUT2D eigenvalue weighted by atomic mass is 9.52. The summed E-state index contributed by atoms with van der Waals surface area (Å²) >= 11 is 0. The van der Waals surface area contributed by atoms with Crippen molar-refractivity contribution in [3.05, 3.63) is 34.2 Å². The molecule has 3 fully saturated rings. The average Bonchev–Trinajstić information content (AvgIpc) is 2.41. The van der Waals surface area contributed by atoms with Gasteiger partial charge in [0.1, 0.15) is 5.68 Å². The molecule has 3 saturated heterocycles. The number of carbonyl (C=O) groups excluding carboxylic acids is 1. The quantitative estimate of drug-likeness (QED) is 0.796. The van der Waals surface area contributed by atoms with Gasteiger partial charge in [-0.05, 0) is 50.3 Å². The van der Waals surface area contributed by atoms with Crippen LogP contribution in [-0.4, -0.2) is 42.5 Å². The molecule has 1 atom stereocenters. The first kappa shape index (κ1) is 11.7. The Labute approximate surface area is 107 Å². The molecule has 4 nitrogen and oxygen atoms in total. The van der Waals surface area contributed by atoms with Crippen molar-refractivity contribution in [3.8, 4) is 0 Å². The monoisotopic (exact) mass is 243 g/mol. The molecule has 2 bridgehead atoms. The molecule has 1 aromatic heterocycles. The molecular formula is C13H16BN2O2. The van der Waals surface area contributed by atoms with Crippen LogP contribution < -0.4 is 5.56 Å². The van der Waals surface area contributed by atoms with E-state index in [-0.39, 0.29) is 11.2 Å². The predicted octanol–water partition coefficient (Wildman–Crippen LogP) is 0.733. The summed E-state index contributed by atoms with van der Waals surface area (Å²) in [6.07, 6.45) is 3.92.